The average molecular weight is 410 g/mol. The lowest BCUT2D eigenvalue weighted by atomic mass is 9.99. The number of likely N-dealkylation sites (tertiary alicyclic amines) is 1. The van der Waals surface area contributed by atoms with Crippen LogP contribution in [-0.4, -0.2) is 41.0 Å². The molecule has 2 aliphatic heterocycles. The Morgan fingerprint density at radius 1 is 1.07 bits per heavy atom. The molecule has 4 rings (SSSR count). The zero-order chi connectivity index (χ0) is 20.2. The Morgan fingerprint density at radius 3 is 2.55 bits per heavy atom. The van der Waals surface area contributed by atoms with Crippen molar-refractivity contribution in [2.45, 2.75) is 43.0 Å². The van der Waals surface area contributed by atoms with Crippen molar-refractivity contribution in [2.75, 3.05) is 24.2 Å². The second-order valence-corrected chi connectivity index (χ2v) is 8.66. The van der Waals surface area contributed by atoms with Gasteiger partial charge in [-0.25, -0.2) is 0 Å². The highest BCUT2D eigenvalue weighted by Gasteiger charge is 2.39. The molecule has 2 unspecified atom stereocenters. The lowest BCUT2D eigenvalue weighted by Crippen LogP contribution is -2.40. The molecular weight excluding hydrogens is 382 g/mol. The predicted molar refractivity (Wildman–Crippen MR) is 116 cm³/mol. The first kappa shape index (κ1) is 20.0. The van der Waals surface area contributed by atoms with Gasteiger partial charge in [0.05, 0.1) is 12.0 Å². The fourth-order valence-corrected chi connectivity index (χ4v) is 4.83. The van der Waals surface area contributed by atoms with Crippen LogP contribution in [0.3, 0.4) is 0 Å². The van der Waals surface area contributed by atoms with Gasteiger partial charge >= 0.3 is 0 Å². The molecule has 0 saturated carbocycles. The van der Waals surface area contributed by atoms with E-state index in [9.17, 15) is 9.59 Å². The summed E-state index contributed by atoms with van der Waals surface area (Å²) in [5, 5.41) is 0. The van der Waals surface area contributed by atoms with Crippen molar-refractivity contribution in [2.24, 2.45) is 5.92 Å². The van der Waals surface area contributed by atoms with Gasteiger partial charge in [-0.1, -0.05) is 12.8 Å². The highest BCUT2D eigenvalue weighted by atomic mass is 32.2. The van der Waals surface area contributed by atoms with Crippen molar-refractivity contribution >= 4 is 29.3 Å². The number of hydrogen-bond donors (Lipinski definition) is 0. The largest absolute Gasteiger partial charge is 0.335 e. The molecule has 2 atom stereocenters. The summed E-state index contributed by atoms with van der Waals surface area (Å²) < 4.78 is 0. The summed E-state index contributed by atoms with van der Waals surface area (Å²) in [6, 6.07) is 12.1. The van der Waals surface area contributed by atoms with E-state index in [1.54, 1.807) is 29.1 Å². The molecule has 5 nitrogen and oxygen atoms in total. The van der Waals surface area contributed by atoms with Crippen LogP contribution in [0, 0.1) is 5.92 Å². The van der Waals surface area contributed by atoms with Gasteiger partial charge in [0.25, 0.3) is 0 Å². The van der Waals surface area contributed by atoms with Crippen LogP contribution >= 0.6 is 11.8 Å². The summed E-state index contributed by atoms with van der Waals surface area (Å²) in [6.07, 6.45) is 10.2. The highest BCUT2D eigenvalue weighted by molar-refractivity contribution is 7.98. The van der Waals surface area contributed by atoms with Crippen molar-refractivity contribution in [3.05, 3.63) is 54.4 Å². The van der Waals surface area contributed by atoms with E-state index in [2.05, 4.69) is 4.98 Å². The average Bonchev–Trinajstić information content (AvgIpc) is 2.99. The summed E-state index contributed by atoms with van der Waals surface area (Å²) in [7, 11) is 0. The van der Waals surface area contributed by atoms with Gasteiger partial charge in [0.2, 0.25) is 11.8 Å². The quantitative estimate of drug-likeness (QED) is 0.707. The monoisotopic (exact) mass is 409 g/mol. The number of thioether (sulfide) groups is 1. The number of anilines is 1. The molecule has 0 N–H and O–H groups in total. The number of hydrogen-bond acceptors (Lipinski definition) is 4. The highest BCUT2D eigenvalue weighted by Crippen LogP contribution is 2.34. The van der Waals surface area contributed by atoms with Crippen molar-refractivity contribution in [3.63, 3.8) is 0 Å². The van der Waals surface area contributed by atoms with Crippen LogP contribution in [0.15, 0.2) is 53.7 Å². The number of carbonyl (C=O) groups excluding carboxylic acids is 2. The van der Waals surface area contributed by atoms with Crippen LogP contribution in [0.2, 0.25) is 0 Å². The topological polar surface area (TPSA) is 53.5 Å². The van der Waals surface area contributed by atoms with E-state index >= 15 is 0 Å². The van der Waals surface area contributed by atoms with E-state index < -0.39 is 0 Å². The van der Waals surface area contributed by atoms with Crippen molar-refractivity contribution in [1.82, 2.24) is 9.88 Å². The second-order valence-electron chi connectivity index (χ2n) is 7.78. The molecule has 3 heterocycles. The Balaban J connectivity index is 1.52. The van der Waals surface area contributed by atoms with Gasteiger partial charge in [-0.05, 0) is 61.1 Å². The smallest absolute Gasteiger partial charge is 0.228 e. The SMILES string of the molecule is CSc1ccc(N2CC(C(=O)N3CCCCCC3c3ccncc3)CC2=O)cc1. The van der Waals surface area contributed by atoms with E-state index in [0.717, 1.165) is 48.4 Å². The Bertz CT molecular complexity index is 856. The standard InChI is InChI=1S/C23H27N3O2S/c1-29-20-8-6-19(7-9-20)26-16-18(15-22(26)27)23(28)25-14-4-2-3-5-21(25)17-10-12-24-13-11-17/h6-13,18,21H,2-5,14-16H2,1H3. The molecule has 1 aromatic carbocycles. The molecule has 2 aliphatic rings. The number of nitrogens with zero attached hydrogens (tertiary/aromatic N) is 3. The zero-order valence-corrected chi connectivity index (χ0v) is 17.6. The molecule has 152 valence electrons. The predicted octanol–water partition coefficient (Wildman–Crippen LogP) is 4.30. The van der Waals surface area contributed by atoms with Gasteiger partial charge in [0.1, 0.15) is 0 Å². The minimum Gasteiger partial charge on any atom is -0.335 e. The molecule has 6 heteroatoms. The number of benzene rings is 1. The zero-order valence-electron chi connectivity index (χ0n) is 16.8. The number of pyridine rings is 1. The normalized spacial score (nSPS) is 22.6. The number of aromatic nitrogens is 1. The maximum Gasteiger partial charge on any atom is 0.228 e. The molecular formula is C23H27N3O2S. The van der Waals surface area contributed by atoms with Gasteiger partial charge in [-0.2, -0.15) is 0 Å². The van der Waals surface area contributed by atoms with E-state index in [0.29, 0.717) is 13.0 Å². The first-order chi connectivity index (χ1) is 14.2. The Hall–Kier alpha value is -2.34. The Kier molecular flexibility index (Phi) is 6.19. The summed E-state index contributed by atoms with van der Waals surface area (Å²) in [6.45, 7) is 1.23. The molecule has 0 aliphatic carbocycles. The molecule has 2 aromatic rings. The fourth-order valence-electron chi connectivity index (χ4n) is 4.42. The Morgan fingerprint density at radius 2 is 1.83 bits per heavy atom. The maximum atomic E-state index is 13.5. The molecule has 0 spiro atoms. The van der Waals surface area contributed by atoms with Crippen LogP contribution in [0.5, 0.6) is 0 Å². The number of carbonyl (C=O) groups is 2. The molecule has 2 amide bonds. The van der Waals surface area contributed by atoms with Gasteiger partial charge in [0.15, 0.2) is 0 Å². The minimum absolute atomic E-state index is 0.0375. The van der Waals surface area contributed by atoms with Gasteiger partial charge in [-0.3, -0.25) is 14.6 Å². The van der Waals surface area contributed by atoms with Crippen molar-refractivity contribution in [3.8, 4) is 0 Å². The van der Waals surface area contributed by atoms with E-state index in [-0.39, 0.29) is 23.8 Å². The first-order valence-electron chi connectivity index (χ1n) is 10.3. The Labute approximate surface area is 176 Å². The third kappa shape index (κ3) is 4.32. The summed E-state index contributed by atoms with van der Waals surface area (Å²) in [5.74, 6) is -0.119. The van der Waals surface area contributed by atoms with E-state index in [1.165, 1.54) is 0 Å². The molecule has 1 aromatic heterocycles. The third-order valence-corrected chi connectivity index (χ3v) is 6.73. The first-order valence-corrected chi connectivity index (χ1v) is 11.5. The van der Waals surface area contributed by atoms with Crippen molar-refractivity contribution < 1.29 is 9.59 Å². The number of rotatable bonds is 4. The molecule has 0 bridgehead atoms. The lowest BCUT2D eigenvalue weighted by Gasteiger charge is -2.32. The van der Waals surface area contributed by atoms with Gasteiger partial charge in [0, 0.05) is 42.5 Å². The maximum absolute atomic E-state index is 13.5. The third-order valence-electron chi connectivity index (χ3n) is 5.99. The fraction of sp³-hybridized carbons (Fsp3) is 0.435. The molecule has 2 fully saturated rings. The second kappa shape index (κ2) is 8.99. The summed E-state index contributed by atoms with van der Waals surface area (Å²) in [5.41, 5.74) is 2.02. The van der Waals surface area contributed by atoms with Gasteiger partial charge < -0.3 is 9.80 Å². The van der Waals surface area contributed by atoms with Crippen LogP contribution in [-0.2, 0) is 9.59 Å². The van der Waals surface area contributed by atoms with Crippen LogP contribution in [0.25, 0.3) is 0 Å². The summed E-state index contributed by atoms with van der Waals surface area (Å²) >= 11 is 1.68. The molecule has 0 radical (unpaired) electrons. The van der Waals surface area contributed by atoms with E-state index in [1.807, 2.05) is 47.6 Å². The minimum atomic E-state index is -0.273. The summed E-state index contributed by atoms with van der Waals surface area (Å²) in [4.78, 5) is 35.3. The van der Waals surface area contributed by atoms with Gasteiger partial charge in [-0.15, -0.1) is 11.8 Å². The van der Waals surface area contributed by atoms with Crippen LogP contribution in [0.1, 0.15) is 43.7 Å². The number of amides is 2. The molecule has 2 saturated heterocycles. The lowest BCUT2D eigenvalue weighted by molar-refractivity contribution is -0.138. The van der Waals surface area contributed by atoms with Crippen LogP contribution in [0.4, 0.5) is 5.69 Å². The molecule has 29 heavy (non-hydrogen) atoms. The van der Waals surface area contributed by atoms with Crippen LogP contribution < -0.4 is 4.90 Å². The van der Waals surface area contributed by atoms with E-state index in [4.69, 9.17) is 0 Å². The van der Waals surface area contributed by atoms with Crippen molar-refractivity contribution in [1.29, 1.82) is 0 Å².